The Balaban J connectivity index is 1.88. The van der Waals surface area contributed by atoms with Crippen LogP contribution in [0.4, 0.5) is 4.39 Å². The average molecular weight is 364 g/mol. The first-order chi connectivity index (χ1) is 11.9. The Hall–Kier alpha value is -2.73. The van der Waals surface area contributed by atoms with Crippen LogP contribution in [0.25, 0.3) is 0 Å². The number of nitrogens with one attached hydrogen (secondary N) is 1. The summed E-state index contributed by atoms with van der Waals surface area (Å²) in [5.74, 6) is -2.24. The van der Waals surface area contributed by atoms with E-state index >= 15 is 0 Å². The molecule has 0 unspecified atom stereocenters. The van der Waals surface area contributed by atoms with Gasteiger partial charge in [0.15, 0.2) is 12.4 Å². The molecule has 0 saturated carbocycles. The summed E-state index contributed by atoms with van der Waals surface area (Å²) < 4.78 is 17.7. The first-order valence-electron chi connectivity index (χ1n) is 7.39. The van der Waals surface area contributed by atoms with Crippen molar-refractivity contribution in [3.05, 3.63) is 70.5 Å². The van der Waals surface area contributed by atoms with Crippen molar-refractivity contribution in [1.82, 2.24) is 5.32 Å². The van der Waals surface area contributed by atoms with Crippen LogP contribution in [0.15, 0.2) is 48.5 Å². The number of hydrogen-bond acceptors (Lipinski definition) is 4. The van der Waals surface area contributed by atoms with Gasteiger partial charge < -0.3 is 10.1 Å². The normalized spacial score (nSPS) is 11.5. The molecule has 0 fully saturated rings. The van der Waals surface area contributed by atoms with Crippen molar-refractivity contribution in [2.45, 2.75) is 13.0 Å². The fraction of sp³-hybridized carbons (Fsp3) is 0.167. The molecule has 2 rings (SSSR count). The van der Waals surface area contributed by atoms with Crippen molar-refractivity contribution in [3.8, 4) is 0 Å². The number of ether oxygens (including phenoxy) is 1. The molecule has 7 heteroatoms. The molecule has 0 aliphatic rings. The lowest BCUT2D eigenvalue weighted by Gasteiger charge is -2.13. The van der Waals surface area contributed by atoms with Crippen molar-refractivity contribution in [3.63, 3.8) is 0 Å². The summed E-state index contributed by atoms with van der Waals surface area (Å²) in [5.41, 5.74) is 0.452. The third kappa shape index (κ3) is 5.12. The smallest absolute Gasteiger partial charge is 0.328 e. The third-order valence-electron chi connectivity index (χ3n) is 3.33. The molecule has 0 radical (unpaired) electrons. The van der Waals surface area contributed by atoms with Crippen molar-refractivity contribution in [2.24, 2.45) is 0 Å². The number of esters is 1. The molecule has 1 N–H and O–H groups in total. The van der Waals surface area contributed by atoms with Crippen LogP contribution >= 0.6 is 11.6 Å². The molecule has 130 valence electrons. The van der Waals surface area contributed by atoms with E-state index in [9.17, 15) is 18.8 Å². The van der Waals surface area contributed by atoms with E-state index in [4.69, 9.17) is 16.3 Å². The maximum atomic E-state index is 12.8. The van der Waals surface area contributed by atoms with Crippen LogP contribution in [0.3, 0.4) is 0 Å². The molecule has 2 aromatic carbocycles. The molecule has 1 amide bonds. The van der Waals surface area contributed by atoms with Gasteiger partial charge in [-0.3, -0.25) is 9.59 Å². The zero-order valence-corrected chi connectivity index (χ0v) is 14.0. The minimum absolute atomic E-state index is 0.224. The van der Waals surface area contributed by atoms with Crippen LogP contribution in [0.5, 0.6) is 0 Å². The number of benzene rings is 2. The summed E-state index contributed by atoms with van der Waals surface area (Å²) in [4.78, 5) is 35.8. The lowest BCUT2D eigenvalue weighted by atomic mass is 10.1. The summed E-state index contributed by atoms with van der Waals surface area (Å²) in [6.45, 7) is 0.927. The number of carbonyl (C=O) groups excluding carboxylic acids is 3. The Labute approximate surface area is 148 Å². The summed E-state index contributed by atoms with van der Waals surface area (Å²) >= 11 is 5.92. The highest BCUT2D eigenvalue weighted by molar-refractivity contribution is 6.33. The molecule has 5 nitrogen and oxygen atoms in total. The van der Waals surface area contributed by atoms with E-state index in [-0.39, 0.29) is 16.1 Å². The first kappa shape index (κ1) is 18.6. The molecule has 0 bridgehead atoms. The van der Waals surface area contributed by atoms with Crippen LogP contribution < -0.4 is 5.32 Å². The van der Waals surface area contributed by atoms with Gasteiger partial charge in [0.25, 0.3) is 5.91 Å². The van der Waals surface area contributed by atoms with Gasteiger partial charge in [-0.15, -0.1) is 0 Å². The van der Waals surface area contributed by atoms with Gasteiger partial charge in [-0.05, 0) is 43.3 Å². The maximum absolute atomic E-state index is 12.8. The van der Waals surface area contributed by atoms with Crippen molar-refractivity contribution in [1.29, 1.82) is 0 Å². The number of Topliss-reactive ketones (excluding diaryl/α,β-unsaturated/α-hetero) is 1. The fourth-order valence-corrected chi connectivity index (χ4v) is 2.18. The second-order valence-corrected chi connectivity index (χ2v) is 5.62. The van der Waals surface area contributed by atoms with E-state index in [1.54, 1.807) is 18.2 Å². The summed E-state index contributed by atoms with van der Waals surface area (Å²) in [6, 6.07) is 10.3. The number of ketones is 1. The molecular formula is C18H15ClFNO4. The van der Waals surface area contributed by atoms with E-state index in [0.29, 0.717) is 0 Å². The number of rotatable bonds is 6. The summed E-state index contributed by atoms with van der Waals surface area (Å²) in [7, 11) is 0. The largest absolute Gasteiger partial charge is 0.456 e. The van der Waals surface area contributed by atoms with Crippen LogP contribution in [0, 0.1) is 5.82 Å². The van der Waals surface area contributed by atoms with Gasteiger partial charge in [0.2, 0.25) is 0 Å². The van der Waals surface area contributed by atoms with Gasteiger partial charge in [0, 0.05) is 5.56 Å². The minimum Gasteiger partial charge on any atom is -0.456 e. The van der Waals surface area contributed by atoms with Gasteiger partial charge in [0.1, 0.15) is 11.9 Å². The number of halogens is 2. The standard InChI is InChI=1S/C18H15ClFNO4/c1-11(21-17(23)14-4-2-3-5-15(14)19)18(24)25-10-16(22)12-6-8-13(20)9-7-12/h2-9,11H,10H2,1H3,(H,21,23)/t11-/m1/s1. The topological polar surface area (TPSA) is 72.5 Å². The van der Waals surface area contributed by atoms with E-state index in [2.05, 4.69) is 5.32 Å². The molecule has 0 heterocycles. The zero-order valence-electron chi connectivity index (χ0n) is 13.3. The summed E-state index contributed by atoms with van der Waals surface area (Å²) in [6.07, 6.45) is 0. The van der Waals surface area contributed by atoms with Gasteiger partial charge in [-0.25, -0.2) is 9.18 Å². The Morgan fingerprint density at radius 3 is 2.40 bits per heavy atom. The van der Waals surface area contributed by atoms with Crippen molar-refractivity contribution in [2.75, 3.05) is 6.61 Å². The van der Waals surface area contributed by atoms with Crippen molar-refractivity contribution >= 4 is 29.3 Å². The van der Waals surface area contributed by atoms with Crippen LogP contribution in [-0.2, 0) is 9.53 Å². The Morgan fingerprint density at radius 2 is 1.76 bits per heavy atom. The van der Waals surface area contributed by atoms with Gasteiger partial charge >= 0.3 is 5.97 Å². The number of hydrogen-bond donors (Lipinski definition) is 1. The zero-order chi connectivity index (χ0) is 18.4. The predicted molar refractivity (Wildman–Crippen MR) is 90.1 cm³/mol. The Kier molecular flexibility index (Phi) is 6.25. The molecule has 0 saturated heterocycles. The number of amides is 1. The van der Waals surface area contributed by atoms with E-state index in [1.165, 1.54) is 25.1 Å². The second kappa shape index (κ2) is 8.39. The number of carbonyl (C=O) groups is 3. The predicted octanol–water partition coefficient (Wildman–Crippen LogP) is 3.02. The van der Waals surface area contributed by atoms with E-state index in [0.717, 1.165) is 12.1 Å². The summed E-state index contributed by atoms with van der Waals surface area (Å²) in [5, 5.41) is 2.71. The van der Waals surface area contributed by atoms with Crippen LogP contribution in [0.2, 0.25) is 5.02 Å². The van der Waals surface area contributed by atoms with Crippen LogP contribution in [0.1, 0.15) is 27.6 Å². The fourth-order valence-electron chi connectivity index (χ4n) is 1.96. The molecule has 2 aromatic rings. The quantitative estimate of drug-likeness (QED) is 0.632. The van der Waals surface area contributed by atoms with Gasteiger partial charge in [-0.2, -0.15) is 0 Å². The molecule has 0 aromatic heterocycles. The highest BCUT2D eigenvalue weighted by Crippen LogP contribution is 2.14. The first-order valence-corrected chi connectivity index (χ1v) is 7.77. The van der Waals surface area contributed by atoms with Gasteiger partial charge in [-0.1, -0.05) is 23.7 Å². The van der Waals surface area contributed by atoms with E-state index in [1.807, 2.05) is 0 Å². The highest BCUT2D eigenvalue weighted by Gasteiger charge is 2.20. The molecule has 0 spiro atoms. The average Bonchev–Trinajstić information content (AvgIpc) is 2.60. The Bertz CT molecular complexity index is 792. The van der Waals surface area contributed by atoms with Crippen molar-refractivity contribution < 1.29 is 23.5 Å². The lowest BCUT2D eigenvalue weighted by molar-refractivity contribution is -0.144. The Morgan fingerprint density at radius 1 is 1.12 bits per heavy atom. The highest BCUT2D eigenvalue weighted by atomic mass is 35.5. The monoisotopic (exact) mass is 363 g/mol. The van der Waals surface area contributed by atoms with Crippen LogP contribution in [-0.4, -0.2) is 30.3 Å². The molecule has 0 aliphatic heterocycles. The SMILES string of the molecule is C[C@@H](NC(=O)c1ccccc1Cl)C(=O)OCC(=O)c1ccc(F)cc1. The molecule has 0 aliphatic carbocycles. The third-order valence-corrected chi connectivity index (χ3v) is 3.66. The minimum atomic E-state index is -0.968. The van der Waals surface area contributed by atoms with Gasteiger partial charge in [0.05, 0.1) is 10.6 Å². The second-order valence-electron chi connectivity index (χ2n) is 5.21. The maximum Gasteiger partial charge on any atom is 0.328 e. The molecule has 1 atom stereocenters. The van der Waals surface area contributed by atoms with E-state index < -0.39 is 36.1 Å². The lowest BCUT2D eigenvalue weighted by Crippen LogP contribution is -2.40. The molecular weight excluding hydrogens is 349 g/mol. The molecule has 25 heavy (non-hydrogen) atoms.